The normalized spacial score (nSPS) is 23.7. The predicted molar refractivity (Wildman–Crippen MR) is 177 cm³/mol. The zero-order chi connectivity index (χ0) is 35.1. The van der Waals surface area contributed by atoms with Gasteiger partial charge in [0, 0.05) is 12.6 Å². The van der Waals surface area contributed by atoms with Crippen LogP contribution in [0.15, 0.2) is 30.3 Å². The lowest BCUT2D eigenvalue weighted by Gasteiger charge is -2.38. The van der Waals surface area contributed by atoms with Crippen LogP contribution in [0.5, 0.6) is 0 Å². The summed E-state index contributed by atoms with van der Waals surface area (Å²) in [4.78, 5) is 67.3. The number of primary amides is 1. The molecule has 0 aromatic heterocycles. The molecule has 1 aromatic carbocycles. The summed E-state index contributed by atoms with van der Waals surface area (Å²) < 4.78 is 26.1. The lowest BCUT2D eigenvalue weighted by atomic mass is 9.85. The molecule has 1 saturated heterocycles. The lowest BCUT2D eigenvalue weighted by Crippen LogP contribution is -2.62. The second-order valence-electron chi connectivity index (χ2n) is 15.7. The molecular weight excluding hydrogens is 622 g/mol. The number of piperidine rings is 1. The first-order valence-electron chi connectivity index (χ1n) is 16.5. The Morgan fingerprint density at radius 1 is 1.00 bits per heavy atom. The summed E-state index contributed by atoms with van der Waals surface area (Å²) in [6.07, 6.45) is 2.12. The molecule has 1 aromatic rings. The highest BCUT2D eigenvalue weighted by Gasteiger charge is 2.70. The summed E-state index contributed by atoms with van der Waals surface area (Å²) in [5.41, 5.74) is 4.95. The number of Topliss-reactive ketones (excluding diaryl/α,β-unsaturated/α-hetero) is 1. The van der Waals surface area contributed by atoms with E-state index in [4.69, 9.17) is 5.73 Å². The van der Waals surface area contributed by atoms with Crippen LogP contribution in [-0.4, -0.2) is 79.3 Å². The number of rotatable bonds is 14. The third kappa shape index (κ3) is 8.71. The minimum atomic E-state index is -3.58. The summed E-state index contributed by atoms with van der Waals surface area (Å²) in [7, 11) is -3.58. The summed E-state index contributed by atoms with van der Waals surface area (Å²) in [5.74, 6) is -3.48. The Labute approximate surface area is 278 Å². The highest BCUT2D eigenvalue weighted by Crippen LogP contribution is 2.65. The molecule has 13 heteroatoms. The van der Waals surface area contributed by atoms with Crippen molar-refractivity contribution in [3.8, 4) is 0 Å². The molecule has 2 unspecified atom stereocenters. The van der Waals surface area contributed by atoms with Crippen molar-refractivity contribution in [1.82, 2.24) is 20.9 Å². The zero-order valence-electron chi connectivity index (χ0n) is 28.5. The Hall–Kier alpha value is -3.48. The van der Waals surface area contributed by atoms with Gasteiger partial charge in [0.05, 0.1) is 17.5 Å². The molecule has 47 heavy (non-hydrogen) atoms. The number of fused-ring (bicyclic) bond motifs is 1. The average molecular weight is 674 g/mol. The van der Waals surface area contributed by atoms with Crippen LogP contribution in [0, 0.1) is 34.5 Å². The number of nitrogens with zero attached hydrogens (tertiary/aromatic N) is 1. The molecular formula is C34H51N5O7S. The minimum Gasteiger partial charge on any atom is -0.363 e. The number of nitrogens with one attached hydrogen (secondary N) is 3. The van der Waals surface area contributed by atoms with E-state index in [1.807, 2.05) is 33.8 Å². The van der Waals surface area contributed by atoms with Gasteiger partial charge >= 0.3 is 6.03 Å². The molecule has 12 nitrogen and oxygen atoms in total. The molecule has 0 radical (unpaired) electrons. The van der Waals surface area contributed by atoms with Crippen LogP contribution in [0.4, 0.5) is 4.79 Å². The van der Waals surface area contributed by atoms with Gasteiger partial charge in [0.25, 0.3) is 5.91 Å². The van der Waals surface area contributed by atoms with E-state index in [1.165, 1.54) is 4.90 Å². The maximum absolute atomic E-state index is 14.3. The number of amides is 5. The second-order valence-corrected chi connectivity index (χ2v) is 17.8. The molecule has 0 spiro atoms. The molecule has 1 aliphatic heterocycles. The van der Waals surface area contributed by atoms with Crippen molar-refractivity contribution < 1.29 is 32.4 Å². The molecule has 3 aliphatic rings. The highest BCUT2D eigenvalue weighted by atomic mass is 32.2. The molecule has 4 rings (SSSR count). The Balaban J connectivity index is 1.49. The van der Waals surface area contributed by atoms with Crippen LogP contribution < -0.4 is 21.7 Å². The highest BCUT2D eigenvalue weighted by molar-refractivity contribution is 7.90. The number of carbonyl (C=O) groups excluding carboxylic acids is 5. The number of sulfone groups is 1. The number of urea groups is 1. The van der Waals surface area contributed by atoms with E-state index in [0.29, 0.717) is 18.5 Å². The first-order chi connectivity index (χ1) is 21.7. The van der Waals surface area contributed by atoms with E-state index in [2.05, 4.69) is 16.0 Å². The van der Waals surface area contributed by atoms with E-state index in [0.717, 1.165) is 12.8 Å². The van der Waals surface area contributed by atoms with Gasteiger partial charge in [-0.1, -0.05) is 91.6 Å². The Morgan fingerprint density at radius 3 is 2.15 bits per heavy atom. The first-order valence-corrected chi connectivity index (χ1v) is 18.3. The van der Waals surface area contributed by atoms with E-state index < -0.39 is 69.0 Å². The van der Waals surface area contributed by atoms with Crippen LogP contribution in [0.1, 0.15) is 73.3 Å². The summed E-state index contributed by atoms with van der Waals surface area (Å²) in [6.45, 7) is 13.4. The van der Waals surface area contributed by atoms with E-state index in [9.17, 15) is 32.4 Å². The topological polar surface area (TPSA) is 185 Å². The predicted octanol–water partition coefficient (Wildman–Crippen LogP) is 2.16. The number of likely N-dealkylation sites (tertiary alicyclic amines) is 1. The molecule has 260 valence electrons. The maximum Gasteiger partial charge on any atom is 0.315 e. The van der Waals surface area contributed by atoms with Gasteiger partial charge in [-0.15, -0.1) is 0 Å². The van der Waals surface area contributed by atoms with Gasteiger partial charge in [0.1, 0.15) is 12.1 Å². The average Bonchev–Trinajstić information content (AvgIpc) is 3.81. The van der Waals surface area contributed by atoms with Crippen LogP contribution in [0.25, 0.3) is 0 Å². The van der Waals surface area contributed by atoms with Crippen molar-refractivity contribution in [2.24, 2.45) is 40.2 Å². The Bertz CT molecular complexity index is 1480. The number of nitrogens with two attached hydrogens (primary N) is 1. The van der Waals surface area contributed by atoms with E-state index in [1.54, 1.807) is 45.0 Å². The fourth-order valence-electron chi connectivity index (χ4n) is 6.88. The van der Waals surface area contributed by atoms with Crippen molar-refractivity contribution in [2.75, 3.05) is 12.3 Å². The van der Waals surface area contributed by atoms with Gasteiger partial charge in [-0.2, -0.15) is 0 Å². The second kappa shape index (κ2) is 13.6. The van der Waals surface area contributed by atoms with Crippen molar-refractivity contribution in [3.05, 3.63) is 35.9 Å². The molecule has 6 atom stereocenters. The molecule has 2 aliphatic carbocycles. The lowest BCUT2D eigenvalue weighted by molar-refractivity contribution is -0.145. The summed E-state index contributed by atoms with van der Waals surface area (Å²) in [6, 6.07) is 4.41. The molecule has 5 N–H and O–H groups in total. The number of carbonyl (C=O) groups is 5. The van der Waals surface area contributed by atoms with E-state index >= 15 is 0 Å². The fourth-order valence-corrected chi connectivity index (χ4v) is 8.71. The SMILES string of the molecule is CC(C)[C@@H](CS(=O)(=O)Cc1ccccc1)NC(=O)N[C@H](C(=O)N1CC2[C@@H]([C@H]1C(=O)NC(CC1CC1)C(=O)C(N)=O)C2(C)C)C(C)(C)C. The van der Waals surface area contributed by atoms with Crippen LogP contribution in [-0.2, 0) is 34.8 Å². The smallest absolute Gasteiger partial charge is 0.315 e. The Morgan fingerprint density at radius 2 is 1.62 bits per heavy atom. The minimum absolute atomic E-state index is 0.0468. The van der Waals surface area contributed by atoms with Gasteiger partial charge in [-0.25, -0.2) is 13.2 Å². The Kier molecular flexibility index (Phi) is 10.5. The molecule has 3 fully saturated rings. The van der Waals surface area contributed by atoms with Crippen molar-refractivity contribution in [3.63, 3.8) is 0 Å². The number of hydrogen-bond acceptors (Lipinski definition) is 7. The van der Waals surface area contributed by atoms with Gasteiger partial charge in [-0.3, -0.25) is 19.2 Å². The fraction of sp³-hybridized carbons (Fsp3) is 0.676. The third-order valence-corrected chi connectivity index (χ3v) is 11.7. The van der Waals surface area contributed by atoms with Crippen LogP contribution in [0.2, 0.25) is 0 Å². The first kappa shape index (κ1) is 36.4. The maximum atomic E-state index is 14.3. The molecule has 5 amide bonds. The quantitative estimate of drug-likeness (QED) is 0.218. The largest absolute Gasteiger partial charge is 0.363 e. The van der Waals surface area contributed by atoms with Crippen LogP contribution >= 0.6 is 0 Å². The van der Waals surface area contributed by atoms with Gasteiger partial charge < -0.3 is 26.6 Å². The molecule has 0 bridgehead atoms. The van der Waals surface area contributed by atoms with Gasteiger partial charge in [-0.05, 0) is 46.5 Å². The van der Waals surface area contributed by atoms with Crippen molar-refractivity contribution in [1.29, 1.82) is 0 Å². The van der Waals surface area contributed by atoms with Crippen LogP contribution in [0.3, 0.4) is 0 Å². The summed E-state index contributed by atoms with van der Waals surface area (Å²) >= 11 is 0. The van der Waals surface area contributed by atoms with Gasteiger partial charge in [0.2, 0.25) is 17.6 Å². The number of ketones is 1. The molecule has 2 saturated carbocycles. The third-order valence-electron chi connectivity index (χ3n) is 10.1. The summed E-state index contributed by atoms with van der Waals surface area (Å²) in [5, 5.41) is 8.32. The molecule has 1 heterocycles. The number of benzene rings is 1. The van der Waals surface area contributed by atoms with Gasteiger partial charge in [0.15, 0.2) is 9.84 Å². The standard InChI is InChI=1S/C34H51N5O7S/c1-19(2)24(18-47(45,46)17-21-11-9-8-10-12-21)37-32(44)38-28(33(3,4)5)31(43)39-16-22-25(34(22,6)7)26(39)30(42)36-23(15-20-13-14-20)27(40)29(35)41/h8-12,19-20,22-26,28H,13-18H2,1-7H3,(H2,35,41)(H,36,42)(H2,37,38,44)/t22?,23?,24-,25+,26+,28-/m1/s1. The number of hydrogen-bond donors (Lipinski definition) is 4. The monoisotopic (exact) mass is 673 g/mol. The van der Waals surface area contributed by atoms with Crippen molar-refractivity contribution >= 4 is 39.4 Å². The van der Waals surface area contributed by atoms with Crippen molar-refractivity contribution in [2.45, 2.75) is 97.6 Å². The van der Waals surface area contributed by atoms with E-state index in [-0.39, 0.29) is 40.6 Å². The zero-order valence-corrected chi connectivity index (χ0v) is 29.4.